The van der Waals surface area contributed by atoms with Crippen LogP contribution in [0.25, 0.3) is 0 Å². The third-order valence-corrected chi connectivity index (χ3v) is 8.77. The molecule has 2 saturated heterocycles. The predicted molar refractivity (Wildman–Crippen MR) is 135 cm³/mol. The maximum absolute atomic E-state index is 14.5. The van der Waals surface area contributed by atoms with Gasteiger partial charge in [-0.2, -0.15) is 0 Å². The second kappa shape index (κ2) is 9.52. The summed E-state index contributed by atoms with van der Waals surface area (Å²) in [7, 11) is -3.42. The molecule has 0 spiro atoms. The Morgan fingerprint density at radius 1 is 1.17 bits per heavy atom. The smallest absolute Gasteiger partial charge is 0.228 e. The summed E-state index contributed by atoms with van der Waals surface area (Å²) in [5, 5.41) is 14.3. The Labute approximate surface area is 206 Å². The lowest BCUT2D eigenvalue weighted by molar-refractivity contribution is -0.122. The molecule has 7 nitrogen and oxygen atoms in total. The summed E-state index contributed by atoms with van der Waals surface area (Å²) >= 11 is 0. The van der Waals surface area contributed by atoms with Crippen LogP contribution in [0, 0.1) is 11.7 Å². The van der Waals surface area contributed by atoms with Crippen molar-refractivity contribution in [2.45, 2.75) is 57.7 Å². The molecule has 9 heteroatoms. The molecule has 0 unspecified atom stereocenters. The van der Waals surface area contributed by atoms with E-state index in [0.29, 0.717) is 30.8 Å². The highest BCUT2D eigenvalue weighted by Crippen LogP contribution is 2.33. The van der Waals surface area contributed by atoms with E-state index in [9.17, 15) is 22.7 Å². The molecule has 3 atom stereocenters. The molecular weight excluding hydrogens is 469 g/mol. The summed E-state index contributed by atoms with van der Waals surface area (Å²) in [5.74, 6) is -1.74. The Kier molecular flexibility index (Phi) is 6.96. The summed E-state index contributed by atoms with van der Waals surface area (Å²) in [6.07, 6.45) is -0.389. The maximum Gasteiger partial charge on any atom is 0.228 e. The third-order valence-electron chi connectivity index (χ3n) is 6.96. The number of rotatable bonds is 6. The fourth-order valence-corrected chi connectivity index (χ4v) is 6.79. The molecule has 2 fully saturated rings. The molecule has 2 heterocycles. The lowest BCUT2D eigenvalue weighted by Crippen LogP contribution is -2.54. The van der Waals surface area contributed by atoms with Crippen molar-refractivity contribution in [3.05, 3.63) is 58.9 Å². The summed E-state index contributed by atoms with van der Waals surface area (Å²) in [4.78, 5) is 13.3. The highest BCUT2D eigenvalue weighted by molar-refractivity contribution is 7.91. The Morgan fingerprint density at radius 3 is 2.54 bits per heavy atom. The van der Waals surface area contributed by atoms with Gasteiger partial charge in [0.2, 0.25) is 5.91 Å². The summed E-state index contributed by atoms with van der Waals surface area (Å²) in [6, 6.07) is 10.3. The number of amides is 1. The number of nitrogens with zero attached hydrogens (tertiary/aromatic N) is 1. The first-order valence-corrected chi connectivity index (χ1v) is 13.8. The Morgan fingerprint density at radius 2 is 1.91 bits per heavy atom. The zero-order chi connectivity index (χ0) is 25.5. The van der Waals surface area contributed by atoms with E-state index in [2.05, 4.69) is 38.2 Å². The second-order valence-electron chi connectivity index (χ2n) is 10.8. The summed E-state index contributed by atoms with van der Waals surface area (Å²) in [5.41, 5.74) is 8.73. The molecule has 0 radical (unpaired) electrons. The Hall–Kier alpha value is -2.49. The molecule has 0 aliphatic carbocycles. The topological polar surface area (TPSA) is 113 Å². The molecule has 190 valence electrons. The van der Waals surface area contributed by atoms with Crippen molar-refractivity contribution < 1.29 is 22.7 Å². The van der Waals surface area contributed by atoms with E-state index in [1.165, 1.54) is 16.5 Å². The van der Waals surface area contributed by atoms with E-state index < -0.39 is 33.7 Å². The average Bonchev–Trinajstić information content (AvgIpc) is 2.76. The standard InChI is InChI=1S/C26H34FN3O4S/c1-26(2,3)19-6-4-5-16(10-19)13-29-21-15-35(33,34)14-18(25(21)32)9-17-11-20(27)24(28)22(12-17)30-8-7-23(30)31/h4-6,10-12,18,21,25,29,32H,7-9,13-15,28H2,1-3H3/t18-,21+,25+/m1/s1. The molecule has 2 aromatic carbocycles. The van der Waals surface area contributed by atoms with Crippen molar-refractivity contribution in [3.8, 4) is 0 Å². The predicted octanol–water partition coefficient (Wildman–Crippen LogP) is 2.55. The Balaban J connectivity index is 1.50. The minimum absolute atomic E-state index is 0.0112. The first-order chi connectivity index (χ1) is 16.3. The van der Waals surface area contributed by atoms with Gasteiger partial charge in [0.1, 0.15) is 5.82 Å². The van der Waals surface area contributed by atoms with E-state index in [1.54, 1.807) is 6.07 Å². The van der Waals surface area contributed by atoms with Crippen molar-refractivity contribution in [2.75, 3.05) is 28.7 Å². The summed E-state index contributed by atoms with van der Waals surface area (Å²) in [6.45, 7) is 7.28. The van der Waals surface area contributed by atoms with Crippen LogP contribution in [0.4, 0.5) is 15.8 Å². The zero-order valence-electron chi connectivity index (χ0n) is 20.4. The lowest BCUT2D eigenvalue weighted by atomic mass is 9.86. The quantitative estimate of drug-likeness (QED) is 0.413. The van der Waals surface area contributed by atoms with Gasteiger partial charge < -0.3 is 21.1 Å². The molecule has 35 heavy (non-hydrogen) atoms. The zero-order valence-corrected chi connectivity index (χ0v) is 21.2. The van der Waals surface area contributed by atoms with Gasteiger partial charge in [-0.15, -0.1) is 0 Å². The van der Waals surface area contributed by atoms with Crippen LogP contribution in [0.3, 0.4) is 0 Å². The van der Waals surface area contributed by atoms with Crippen LogP contribution in [0.1, 0.15) is 43.9 Å². The van der Waals surface area contributed by atoms with Gasteiger partial charge in [0.05, 0.1) is 29.0 Å². The first kappa shape index (κ1) is 25.6. The van der Waals surface area contributed by atoms with Crippen molar-refractivity contribution >= 4 is 27.1 Å². The monoisotopic (exact) mass is 503 g/mol. The van der Waals surface area contributed by atoms with Gasteiger partial charge in [-0.25, -0.2) is 12.8 Å². The number of benzene rings is 2. The average molecular weight is 504 g/mol. The van der Waals surface area contributed by atoms with Crippen LogP contribution in [-0.2, 0) is 33.0 Å². The number of nitrogens with two attached hydrogens (primary N) is 1. The molecule has 0 aromatic heterocycles. The number of aliphatic hydroxyl groups is 1. The third kappa shape index (κ3) is 5.68. The largest absolute Gasteiger partial charge is 0.395 e. The second-order valence-corrected chi connectivity index (χ2v) is 12.9. The van der Waals surface area contributed by atoms with Crippen LogP contribution < -0.4 is 16.0 Å². The highest BCUT2D eigenvalue weighted by atomic mass is 32.2. The van der Waals surface area contributed by atoms with Gasteiger partial charge in [0, 0.05) is 31.5 Å². The van der Waals surface area contributed by atoms with Crippen molar-refractivity contribution in [3.63, 3.8) is 0 Å². The van der Waals surface area contributed by atoms with E-state index in [-0.39, 0.29) is 34.9 Å². The van der Waals surface area contributed by atoms with E-state index in [1.807, 2.05) is 12.1 Å². The van der Waals surface area contributed by atoms with Crippen LogP contribution in [0.2, 0.25) is 0 Å². The fourth-order valence-electron chi connectivity index (χ4n) is 4.82. The van der Waals surface area contributed by atoms with Crippen LogP contribution >= 0.6 is 0 Å². The Bertz CT molecular complexity index is 1230. The molecule has 2 aliphatic rings. The van der Waals surface area contributed by atoms with Gasteiger partial charge in [-0.3, -0.25) is 4.79 Å². The summed E-state index contributed by atoms with van der Waals surface area (Å²) < 4.78 is 39.9. The van der Waals surface area contributed by atoms with Gasteiger partial charge in [-0.05, 0) is 40.7 Å². The first-order valence-electron chi connectivity index (χ1n) is 11.9. The number of β-lactam (4-membered cyclic amide) rings is 1. The molecule has 0 saturated carbocycles. The number of anilines is 2. The van der Waals surface area contributed by atoms with Gasteiger partial charge >= 0.3 is 0 Å². The minimum Gasteiger partial charge on any atom is -0.395 e. The number of halogens is 1. The number of hydrogen-bond donors (Lipinski definition) is 3. The molecular formula is C26H34FN3O4S. The lowest BCUT2D eigenvalue weighted by Gasteiger charge is -2.36. The fraction of sp³-hybridized carbons (Fsp3) is 0.500. The van der Waals surface area contributed by atoms with Gasteiger partial charge in [0.25, 0.3) is 0 Å². The minimum atomic E-state index is -3.42. The molecule has 2 aliphatic heterocycles. The van der Waals surface area contributed by atoms with E-state index in [0.717, 1.165) is 5.56 Å². The van der Waals surface area contributed by atoms with Crippen LogP contribution in [0.15, 0.2) is 36.4 Å². The number of aliphatic hydroxyl groups excluding tert-OH is 1. The molecule has 4 rings (SSSR count). The maximum atomic E-state index is 14.5. The number of nitrogens with one attached hydrogen (secondary N) is 1. The number of carbonyl (C=O) groups excluding carboxylic acids is 1. The van der Waals surface area contributed by atoms with E-state index >= 15 is 0 Å². The number of carbonyl (C=O) groups is 1. The van der Waals surface area contributed by atoms with Crippen LogP contribution in [-0.4, -0.2) is 49.6 Å². The molecule has 2 aromatic rings. The van der Waals surface area contributed by atoms with Crippen LogP contribution in [0.5, 0.6) is 0 Å². The normalized spacial score (nSPS) is 24.3. The van der Waals surface area contributed by atoms with Crippen molar-refractivity contribution in [1.29, 1.82) is 0 Å². The van der Waals surface area contributed by atoms with E-state index in [4.69, 9.17) is 5.73 Å². The molecule has 0 bridgehead atoms. The SMILES string of the molecule is CC(C)(C)c1cccc(CN[C@H]2CS(=O)(=O)C[C@@H](Cc3cc(F)c(N)c(N4CCC4=O)c3)[C@@H]2O)c1. The molecule has 1 amide bonds. The van der Waals surface area contributed by atoms with Crippen molar-refractivity contribution in [2.24, 2.45) is 5.92 Å². The highest BCUT2D eigenvalue weighted by Gasteiger charge is 2.39. The van der Waals surface area contributed by atoms with Gasteiger partial charge in [0.15, 0.2) is 9.84 Å². The number of nitrogen functional groups attached to an aromatic ring is 1. The van der Waals surface area contributed by atoms with Gasteiger partial charge in [-0.1, -0.05) is 45.0 Å². The number of sulfone groups is 1. The van der Waals surface area contributed by atoms with Crippen molar-refractivity contribution in [1.82, 2.24) is 5.32 Å². The molecule has 4 N–H and O–H groups in total. The number of hydrogen-bond acceptors (Lipinski definition) is 6.